The Hall–Kier alpha value is -3.32. The predicted molar refractivity (Wildman–Crippen MR) is 134 cm³/mol. The second-order valence-corrected chi connectivity index (χ2v) is 8.83. The van der Waals surface area contributed by atoms with E-state index in [1.165, 1.54) is 5.57 Å². The summed E-state index contributed by atoms with van der Waals surface area (Å²) >= 11 is 0. The number of rotatable bonds is 11. The third-order valence-electron chi connectivity index (χ3n) is 6.46. The quantitative estimate of drug-likeness (QED) is 0.438. The molecule has 1 aromatic heterocycles. The van der Waals surface area contributed by atoms with Gasteiger partial charge in [-0.05, 0) is 36.6 Å². The predicted octanol–water partition coefficient (Wildman–Crippen LogP) is 4.65. The van der Waals surface area contributed by atoms with Crippen LogP contribution in [0, 0.1) is 5.92 Å². The van der Waals surface area contributed by atoms with Gasteiger partial charge in [-0.2, -0.15) is 0 Å². The third-order valence-corrected chi connectivity index (χ3v) is 6.46. The van der Waals surface area contributed by atoms with Crippen molar-refractivity contribution in [1.29, 1.82) is 0 Å². The van der Waals surface area contributed by atoms with Gasteiger partial charge in [-0.25, -0.2) is 0 Å². The van der Waals surface area contributed by atoms with Crippen LogP contribution >= 0.6 is 0 Å². The lowest BCUT2D eigenvalue weighted by molar-refractivity contribution is 0.0595. The van der Waals surface area contributed by atoms with Gasteiger partial charge in [-0.1, -0.05) is 36.8 Å². The molecule has 0 unspecified atom stereocenters. The van der Waals surface area contributed by atoms with Crippen molar-refractivity contribution in [3.63, 3.8) is 0 Å². The van der Waals surface area contributed by atoms with E-state index in [2.05, 4.69) is 36.2 Å². The number of pyridine rings is 1. The molecule has 186 valence electrons. The first-order valence-corrected chi connectivity index (χ1v) is 12.2. The van der Waals surface area contributed by atoms with E-state index in [1.807, 2.05) is 12.1 Å². The van der Waals surface area contributed by atoms with Crippen molar-refractivity contribution in [2.45, 2.75) is 25.7 Å². The van der Waals surface area contributed by atoms with E-state index >= 15 is 0 Å². The van der Waals surface area contributed by atoms with E-state index in [0.717, 1.165) is 29.9 Å². The number of likely N-dealkylation sites (tertiary alicyclic amines) is 1. The van der Waals surface area contributed by atoms with Gasteiger partial charge in [-0.15, -0.1) is 0 Å². The summed E-state index contributed by atoms with van der Waals surface area (Å²) in [5.41, 5.74) is 2.91. The number of carbonyl (C=O) groups is 1. The van der Waals surface area contributed by atoms with Crippen LogP contribution in [0.1, 0.15) is 41.7 Å². The van der Waals surface area contributed by atoms with Crippen LogP contribution in [0.3, 0.4) is 0 Å². The van der Waals surface area contributed by atoms with Gasteiger partial charge in [0, 0.05) is 44.3 Å². The molecule has 1 aromatic carbocycles. The van der Waals surface area contributed by atoms with Crippen molar-refractivity contribution in [1.82, 2.24) is 9.88 Å². The van der Waals surface area contributed by atoms with Gasteiger partial charge in [0.1, 0.15) is 18.1 Å². The lowest BCUT2D eigenvalue weighted by Crippen LogP contribution is -2.48. The zero-order chi connectivity index (χ0) is 24.6. The molecule has 1 atom stereocenters. The molecule has 0 bridgehead atoms. The van der Waals surface area contributed by atoms with Crippen molar-refractivity contribution >= 4 is 5.91 Å². The van der Waals surface area contributed by atoms with Gasteiger partial charge in [-0.3, -0.25) is 9.78 Å². The summed E-state index contributed by atoms with van der Waals surface area (Å²) in [5.74, 6) is 2.62. The maximum Gasteiger partial charge on any atom is 0.272 e. The fourth-order valence-electron chi connectivity index (χ4n) is 4.23. The fourth-order valence-corrected chi connectivity index (χ4v) is 4.23. The lowest BCUT2D eigenvalue weighted by atomic mass is 9.91. The highest BCUT2D eigenvalue weighted by Crippen LogP contribution is 2.35. The van der Waals surface area contributed by atoms with Crippen molar-refractivity contribution < 1.29 is 23.7 Å². The molecule has 35 heavy (non-hydrogen) atoms. The van der Waals surface area contributed by atoms with Crippen LogP contribution in [0.2, 0.25) is 0 Å². The molecule has 1 amide bonds. The first kappa shape index (κ1) is 24.8. The summed E-state index contributed by atoms with van der Waals surface area (Å²) in [4.78, 5) is 18.9. The normalized spacial score (nSPS) is 17.5. The van der Waals surface area contributed by atoms with Crippen LogP contribution in [0.25, 0.3) is 0 Å². The number of allylic oxidation sites excluding steroid dienone is 3. The summed E-state index contributed by atoms with van der Waals surface area (Å²) in [7, 11) is 3.28. The average molecular weight is 479 g/mol. The Balaban J connectivity index is 1.31. The van der Waals surface area contributed by atoms with Gasteiger partial charge in [0.15, 0.2) is 11.5 Å². The first-order chi connectivity index (χ1) is 17.1. The van der Waals surface area contributed by atoms with Gasteiger partial charge in [0.2, 0.25) is 0 Å². The van der Waals surface area contributed by atoms with Gasteiger partial charge < -0.3 is 23.8 Å². The number of ether oxygens (including phenoxy) is 4. The van der Waals surface area contributed by atoms with Gasteiger partial charge in [0.05, 0.1) is 20.3 Å². The molecular weight excluding hydrogens is 444 g/mol. The minimum atomic E-state index is -0.0915. The molecular formula is C28H34N2O5. The second-order valence-electron chi connectivity index (χ2n) is 8.83. The SMILES string of the molecule is CCC1=CC[C@H](COc2ccc(C3CN(C(=O)c4cc(OCCOC)ccn4)C3)cc2OC)C=C1. The van der Waals surface area contributed by atoms with E-state index in [0.29, 0.717) is 50.3 Å². The number of benzene rings is 1. The summed E-state index contributed by atoms with van der Waals surface area (Å²) in [6, 6.07) is 9.49. The van der Waals surface area contributed by atoms with Crippen LogP contribution in [-0.4, -0.2) is 62.9 Å². The third kappa shape index (κ3) is 6.22. The van der Waals surface area contributed by atoms with E-state index in [-0.39, 0.29) is 11.8 Å². The molecule has 1 saturated heterocycles. The molecule has 7 heteroatoms. The topological polar surface area (TPSA) is 70.1 Å². The molecule has 2 heterocycles. The van der Waals surface area contributed by atoms with Gasteiger partial charge >= 0.3 is 0 Å². The Bertz CT molecular complexity index is 1070. The van der Waals surface area contributed by atoms with Gasteiger partial charge in [0.25, 0.3) is 5.91 Å². The second kappa shape index (κ2) is 11.9. The first-order valence-electron chi connectivity index (χ1n) is 12.2. The maximum absolute atomic E-state index is 12.9. The highest BCUT2D eigenvalue weighted by Gasteiger charge is 2.33. The minimum absolute atomic E-state index is 0.0915. The number of amides is 1. The molecule has 2 aromatic rings. The van der Waals surface area contributed by atoms with E-state index < -0.39 is 0 Å². The molecule has 1 aliphatic carbocycles. The van der Waals surface area contributed by atoms with Crippen molar-refractivity contribution in [2.24, 2.45) is 5.92 Å². The lowest BCUT2D eigenvalue weighted by Gasteiger charge is -2.39. The van der Waals surface area contributed by atoms with E-state index in [1.54, 1.807) is 37.4 Å². The zero-order valence-corrected chi connectivity index (χ0v) is 20.7. The number of aromatic nitrogens is 1. The highest BCUT2D eigenvalue weighted by molar-refractivity contribution is 5.93. The molecule has 2 aliphatic rings. The molecule has 0 spiro atoms. The molecule has 1 fully saturated rings. The number of nitrogens with zero attached hydrogens (tertiary/aromatic N) is 2. The Morgan fingerprint density at radius 3 is 2.66 bits per heavy atom. The number of carbonyl (C=O) groups excluding carboxylic acids is 1. The van der Waals surface area contributed by atoms with E-state index in [9.17, 15) is 4.79 Å². The largest absolute Gasteiger partial charge is 0.493 e. The van der Waals surface area contributed by atoms with Crippen LogP contribution in [0.5, 0.6) is 17.2 Å². The van der Waals surface area contributed by atoms with Crippen LogP contribution in [0.15, 0.2) is 60.3 Å². The van der Waals surface area contributed by atoms with Crippen LogP contribution < -0.4 is 14.2 Å². The van der Waals surface area contributed by atoms with Crippen molar-refractivity contribution in [3.05, 3.63) is 71.6 Å². The van der Waals surface area contributed by atoms with Crippen LogP contribution in [-0.2, 0) is 4.74 Å². The molecule has 0 N–H and O–H groups in total. The van der Waals surface area contributed by atoms with Crippen LogP contribution in [0.4, 0.5) is 0 Å². The summed E-state index contributed by atoms with van der Waals surface area (Å²) in [6.07, 6.45) is 10.4. The zero-order valence-electron chi connectivity index (χ0n) is 20.7. The van der Waals surface area contributed by atoms with Crippen molar-refractivity contribution in [3.8, 4) is 17.2 Å². The number of methoxy groups -OCH3 is 2. The number of hydrogen-bond acceptors (Lipinski definition) is 6. The molecule has 0 saturated carbocycles. The molecule has 0 radical (unpaired) electrons. The molecule has 1 aliphatic heterocycles. The highest BCUT2D eigenvalue weighted by atomic mass is 16.5. The fraction of sp³-hybridized carbons (Fsp3) is 0.429. The summed E-state index contributed by atoms with van der Waals surface area (Å²) in [5, 5.41) is 0. The summed E-state index contributed by atoms with van der Waals surface area (Å²) < 4.78 is 22.3. The number of hydrogen-bond donors (Lipinski definition) is 0. The Morgan fingerprint density at radius 2 is 1.94 bits per heavy atom. The Labute approximate surface area is 207 Å². The molecule has 4 rings (SSSR count). The monoisotopic (exact) mass is 478 g/mol. The summed E-state index contributed by atoms with van der Waals surface area (Å²) in [6.45, 7) is 4.98. The maximum atomic E-state index is 12.9. The Morgan fingerprint density at radius 1 is 1.09 bits per heavy atom. The smallest absolute Gasteiger partial charge is 0.272 e. The average Bonchev–Trinajstić information content (AvgIpc) is 2.87. The Kier molecular flexibility index (Phi) is 8.42. The van der Waals surface area contributed by atoms with E-state index in [4.69, 9.17) is 18.9 Å². The minimum Gasteiger partial charge on any atom is -0.493 e. The standard InChI is InChI=1S/C28H34N2O5/c1-4-20-5-7-21(8-6-20)19-35-26-10-9-22(15-27(26)33-3)23-17-30(18-23)28(31)25-16-24(11-12-29-25)34-14-13-32-2/h5-7,9-12,15-16,21,23H,4,8,13-14,17-19H2,1-3H3/t21-/m1/s1. The molecule has 7 nitrogen and oxygen atoms in total. The van der Waals surface area contributed by atoms with Crippen molar-refractivity contribution in [2.75, 3.05) is 47.1 Å².